The summed E-state index contributed by atoms with van der Waals surface area (Å²) < 4.78 is 31.7. The van der Waals surface area contributed by atoms with Crippen LogP contribution in [0.15, 0.2) is 0 Å². The fraction of sp³-hybridized carbons (Fsp3) is 1.00. The first-order valence-electron chi connectivity index (χ1n) is 10.6. The molecule has 0 aliphatic rings. The molecule has 0 aromatic heterocycles. The Hall–Kier alpha value is -0.130. The second kappa shape index (κ2) is 16.1. The number of hydrogen-bond donors (Lipinski definition) is 2. The fourth-order valence-electron chi connectivity index (χ4n) is 3.35. The SMILES string of the molecule is CCCCCCC(O)CCCCCCCCCC(CCC)S(=O)(=O)O. The lowest BCUT2D eigenvalue weighted by molar-refractivity contribution is 0.147. The molecule has 0 rings (SSSR count). The summed E-state index contributed by atoms with van der Waals surface area (Å²) >= 11 is 0. The van der Waals surface area contributed by atoms with Crippen molar-refractivity contribution in [3.63, 3.8) is 0 Å². The molecule has 25 heavy (non-hydrogen) atoms. The van der Waals surface area contributed by atoms with Crippen molar-refractivity contribution in [2.45, 2.75) is 128 Å². The highest BCUT2D eigenvalue weighted by molar-refractivity contribution is 7.86. The second-order valence-electron chi connectivity index (χ2n) is 7.48. The molecule has 152 valence electrons. The van der Waals surface area contributed by atoms with E-state index in [2.05, 4.69) is 6.92 Å². The molecule has 0 aromatic carbocycles. The summed E-state index contributed by atoms with van der Waals surface area (Å²) in [5.74, 6) is 0. The van der Waals surface area contributed by atoms with Gasteiger partial charge < -0.3 is 5.11 Å². The van der Waals surface area contributed by atoms with Crippen molar-refractivity contribution in [1.82, 2.24) is 0 Å². The first kappa shape index (κ1) is 24.9. The molecule has 0 amide bonds. The van der Waals surface area contributed by atoms with Gasteiger partial charge >= 0.3 is 0 Å². The predicted molar refractivity (Wildman–Crippen MR) is 107 cm³/mol. The third-order valence-electron chi connectivity index (χ3n) is 4.99. The average molecular weight is 379 g/mol. The van der Waals surface area contributed by atoms with Crippen LogP contribution < -0.4 is 0 Å². The Balaban J connectivity index is 3.46. The van der Waals surface area contributed by atoms with Crippen molar-refractivity contribution in [2.75, 3.05) is 0 Å². The highest BCUT2D eigenvalue weighted by Gasteiger charge is 2.20. The van der Waals surface area contributed by atoms with Crippen molar-refractivity contribution < 1.29 is 18.1 Å². The summed E-state index contributed by atoms with van der Waals surface area (Å²) in [4.78, 5) is 0. The molecule has 0 heterocycles. The standard InChI is InChI=1S/C20H42O4S/c1-3-5-6-12-16-19(21)17-13-10-8-7-9-11-14-18-20(15-4-2)25(22,23)24/h19-21H,3-18H2,1-2H3,(H,22,23,24). The summed E-state index contributed by atoms with van der Waals surface area (Å²) in [6, 6.07) is 0. The molecule has 0 fully saturated rings. The lowest BCUT2D eigenvalue weighted by Crippen LogP contribution is -2.20. The number of aliphatic hydroxyl groups excluding tert-OH is 1. The van der Waals surface area contributed by atoms with Crippen LogP contribution in [-0.4, -0.2) is 29.4 Å². The van der Waals surface area contributed by atoms with E-state index in [0.717, 1.165) is 51.4 Å². The van der Waals surface area contributed by atoms with E-state index in [1.807, 2.05) is 6.92 Å². The number of aliphatic hydroxyl groups is 1. The van der Waals surface area contributed by atoms with Crippen molar-refractivity contribution in [2.24, 2.45) is 0 Å². The zero-order chi connectivity index (χ0) is 19.0. The van der Waals surface area contributed by atoms with Gasteiger partial charge in [0.25, 0.3) is 10.1 Å². The molecule has 0 saturated carbocycles. The Morgan fingerprint density at radius 2 is 1.08 bits per heavy atom. The number of unbranched alkanes of at least 4 members (excludes halogenated alkanes) is 9. The summed E-state index contributed by atoms with van der Waals surface area (Å²) in [6.07, 6.45) is 16.3. The molecule has 0 aliphatic carbocycles. The Morgan fingerprint density at radius 1 is 0.640 bits per heavy atom. The number of rotatable bonds is 18. The third-order valence-corrected chi connectivity index (χ3v) is 6.30. The van der Waals surface area contributed by atoms with Gasteiger partial charge in [0.1, 0.15) is 0 Å². The van der Waals surface area contributed by atoms with Gasteiger partial charge in [-0.15, -0.1) is 0 Å². The molecular formula is C20H42O4S. The van der Waals surface area contributed by atoms with Crippen LogP contribution in [0.5, 0.6) is 0 Å². The summed E-state index contributed by atoms with van der Waals surface area (Å²) in [7, 11) is -3.87. The van der Waals surface area contributed by atoms with Crippen molar-refractivity contribution in [3.8, 4) is 0 Å². The second-order valence-corrected chi connectivity index (χ2v) is 9.18. The highest BCUT2D eigenvalue weighted by Crippen LogP contribution is 2.17. The van der Waals surface area contributed by atoms with Crippen LogP contribution in [0, 0.1) is 0 Å². The molecule has 4 nitrogen and oxygen atoms in total. The van der Waals surface area contributed by atoms with E-state index in [-0.39, 0.29) is 6.10 Å². The molecular weight excluding hydrogens is 336 g/mol. The third kappa shape index (κ3) is 15.8. The lowest BCUT2D eigenvalue weighted by Gasteiger charge is -2.12. The van der Waals surface area contributed by atoms with Gasteiger partial charge in [0.2, 0.25) is 0 Å². The topological polar surface area (TPSA) is 74.6 Å². The van der Waals surface area contributed by atoms with Gasteiger partial charge in [-0.25, -0.2) is 0 Å². The van der Waals surface area contributed by atoms with Gasteiger partial charge in [-0.1, -0.05) is 90.9 Å². The van der Waals surface area contributed by atoms with Crippen LogP contribution in [0.3, 0.4) is 0 Å². The zero-order valence-corrected chi connectivity index (χ0v) is 17.4. The Morgan fingerprint density at radius 3 is 1.52 bits per heavy atom. The maximum atomic E-state index is 11.2. The van der Waals surface area contributed by atoms with Crippen LogP contribution >= 0.6 is 0 Å². The average Bonchev–Trinajstić information content (AvgIpc) is 2.55. The van der Waals surface area contributed by atoms with E-state index >= 15 is 0 Å². The molecule has 0 aliphatic heterocycles. The molecule has 2 N–H and O–H groups in total. The van der Waals surface area contributed by atoms with E-state index in [9.17, 15) is 18.1 Å². The maximum Gasteiger partial charge on any atom is 0.267 e. The number of hydrogen-bond acceptors (Lipinski definition) is 3. The zero-order valence-electron chi connectivity index (χ0n) is 16.6. The van der Waals surface area contributed by atoms with Crippen LogP contribution in [-0.2, 0) is 10.1 Å². The van der Waals surface area contributed by atoms with Gasteiger partial charge in [-0.05, 0) is 25.7 Å². The molecule has 5 heteroatoms. The van der Waals surface area contributed by atoms with Crippen LogP contribution in [0.25, 0.3) is 0 Å². The van der Waals surface area contributed by atoms with Crippen molar-refractivity contribution in [3.05, 3.63) is 0 Å². The first-order valence-corrected chi connectivity index (χ1v) is 12.1. The van der Waals surface area contributed by atoms with Gasteiger partial charge in [-0.3, -0.25) is 4.55 Å². The predicted octanol–water partition coefficient (Wildman–Crippen LogP) is 5.89. The molecule has 0 radical (unpaired) electrons. The lowest BCUT2D eigenvalue weighted by atomic mass is 10.0. The van der Waals surface area contributed by atoms with Crippen LogP contribution in [0.4, 0.5) is 0 Å². The summed E-state index contributed by atoms with van der Waals surface area (Å²) in [6.45, 7) is 4.15. The minimum absolute atomic E-state index is 0.118. The Kier molecular flexibility index (Phi) is 16.0. The van der Waals surface area contributed by atoms with Gasteiger partial charge in [-0.2, -0.15) is 8.42 Å². The molecule has 0 bridgehead atoms. The van der Waals surface area contributed by atoms with Crippen molar-refractivity contribution in [1.29, 1.82) is 0 Å². The Bertz CT molecular complexity index is 381. The van der Waals surface area contributed by atoms with E-state index in [0.29, 0.717) is 12.8 Å². The van der Waals surface area contributed by atoms with Gasteiger partial charge in [0.05, 0.1) is 11.4 Å². The monoisotopic (exact) mass is 378 g/mol. The van der Waals surface area contributed by atoms with Gasteiger partial charge in [0, 0.05) is 0 Å². The summed E-state index contributed by atoms with van der Waals surface area (Å²) in [5, 5.41) is 9.34. The fourth-order valence-corrected chi connectivity index (χ4v) is 4.35. The quantitative estimate of drug-likeness (QED) is 0.230. The largest absolute Gasteiger partial charge is 0.393 e. The summed E-state index contributed by atoms with van der Waals surface area (Å²) in [5.41, 5.74) is 0. The molecule has 2 unspecified atom stereocenters. The van der Waals surface area contributed by atoms with E-state index in [1.54, 1.807) is 0 Å². The van der Waals surface area contributed by atoms with Gasteiger partial charge in [0.15, 0.2) is 0 Å². The molecule has 0 aromatic rings. The van der Waals surface area contributed by atoms with Crippen LogP contribution in [0.2, 0.25) is 0 Å². The first-order chi connectivity index (χ1) is 11.9. The van der Waals surface area contributed by atoms with Crippen molar-refractivity contribution >= 4 is 10.1 Å². The highest BCUT2D eigenvalue weighted by atomic mass is 32.2. The minimum Gasteiger partial charge on any atom is -0.393 e. The van der Waals surface area contributed by atoms with E-state index < -0.39 is 15.4 Å². The Labute approximate surface area is 156 Å². The normalized spacial score (nSPS) is 14.6. The maximum absolute atomic E-state index is 11.2. The molecule has 0 saturated heterocycles. The minimum atomic E-state index is -3.87. The van der Waals surface area contributed by atoms with E-state index in [1.165, 1.54) is 38.5 Å². The van der Waals surface area contributed by atoms with Crippen LogP contribution in [0.1, 0.15) is 117 Å². The smallest absolute Gasteiger partial charge is 0.267 e. The molecule has 2 atom stereocenters. The molecule has 0 spiro atoms. The van der Waals surface area contributed by atoms with E-state index in [4.69, 9.17) is 0 Å².